The Morgan fingerprint density at radius 2 is 1.62 bits per heavy atom. The molecule has 3 aromatic rings. The van der Waals surface area contributed by atoms with E-state index in [4.69, 9.17) is 4.74 Å². The normalized spacial score (nSPS) is 23.4. The number of carbonyl (C=O) groups excluding carboxylic acids is 1. The predicted octanol–water partition coefficient (Wildman–Crippen LogP) is 5.82. The van der Waals surface area contributed by atoms with Gasteiger partial charge in [0.1, 0.15) is 12.4 Å². The number of nitrogens with one attached hydrogen (secondary N) is 1. The number of para-hydroxylation sites is 1. The smallest absolute Gasteiger partial charge is 0.412 e. The summed E-state index contributed by atoms with van der Waals surface area (Å²) < 4.78 is 20.3. The lowest BCUT2D eigenvalue weighted by Crippen LogP contribution is -2.65. The molecule has 0 radical (unpaired) electrons. The number of amides is 1. The molecule has 1 amide bonds. The Hall–Kier alpha value is -3.18. The number of anilines is 1. The summed E-state index contributed by atoms with van der Waals surface area (Å²) in [6, 6.07) is 24.8. The van der Waals surface area contributed by atoms with Crippen molar-refractivity contribution in [3.05, 3.63) is 101 Å². The Morgan fingerprint density at radius 1 is 0.912 bits per heavy atom. The van der Waals surface area contributed by atoms with Gasteiger partial charge in [-0.05, 0) is 41.3 Å². The van der Waals surface area contributed by atoms with Crippen molar-refractivity contribution >= 4 is 11.8 Å². The lowest BCUT2D eigenvalue weighted by Gasteiger charge is -2.52. The first-order valence-corrected chi connectivity index (χ1v) is 12.3. The van der Waals surface area contributed by atoms with Crippen LogP contribution in [0.2, 0.25) is 0 Å². The van der Waals surface area contributed by atoms with Crippen molar-refractivity contribution in [3.63, 3.8) is 0 Å². The summed E-state index contributed by atoms with van der Waals surface area (Å²) in [5.74, 6) is 0.206. The predicted molar refractivity (Wildman–Crippen MR) is 132 cm³/mol. The summed E-state index contributed by atoms with van der Waals surface area (Å²) in [5, 5.41) is 2.98. The van der Waals surface area contributed by atoms with Gasteiger partial charge in [-0.25, -0.2) is 9.18 Å². The molecule has 1 unspecified atom stereocenters. The van der Waals surface area contributed by atoms with Gasteiger partial charge in [-0.15, -0.1) is 0 Å². The molecule has 176 valence electrons. The third kappa shape index (κ3) is 5.31. The number of fused-ring (bicyclic) bond motifs is 3. The fraction of sp³-hybridized carbons (Fsp3) is 0.345. The van der Waals surface area contributed by atoms with Crippen molar-refractivity contribution in [1.29, 1.82) is 0 Å². The summed E-state index contributed by atoms with van der Waals surface area (Å²) >= 11 is 0. The molecule has 3 aliphatic heterocycles. The van der Waals surface area contributed by atoms with Crippen molar-refractivity contribution in [2.24, 2.45) is 5.92 Å². The monoisotopic (exact) mass is 459 g/mol. The summed E-state index contributed by atoms with van der Waals surface area (Å²) in [6.07, 6.45) is 3.49. The number of nitrogens with zero attached hydrogens (tertiary/aromatic N) is 1. The summed E-state index contributed by atoms with van der Waals surface area (Å²) in [4.78, 5) is 12.9. The maximum Gasteiger partial charge on any atom is 0.412 e. The zero-order valence-electron chi connectivity index (χ0n) is 19.5. The Bertz CT molecular complexity index is 1110. The molecule has 0 aliphatic carbocycles. The molecule has 0 saturated carbocycles. The first-order valence-electron chi connectivity index (χ1n) is 12.3. The van der Waals surface area contributed by atoms with Crippen LogP contribution in [0.4, 0.5) is 14.9 Å². The zero-order valence-corrected chi connectivity index (χ0v) is 19.5. The van der Waals surface area contributed by atoms with E-state index in [0.717, 1.165) is 53.6 Å². The first kappa shape index (κ1) is 22.6. The molecule has 0 aromatic heterocycles. The average Bonchev–Trinajstić information content (AvgIpc) is 2.87. The van der Waals surface area contributed by atoms with Crippen LogP contribution in [0, 0.1) is 11.7 Å². The van der Waals surface area contributed by atoms with Gasteiger partial charge in [0, 0.05) is 30.9 Å². The summed E-state index contributed by atoms with van der Waals surface area (Å²) in [7, 11) is 0. The lowest BCUT2D eigenvalue weighted by atomic mass is 9.83. The highest BCUT2D eigenvalue weighted by Gasteiger charge is 2.47. The van der Waals surface area contributed by atoms with Crippen LogP contribution >= 0.6 is 0 Å². The minimum Gasteiger partial charge on any atom is -0.440 e. The van der Waals surface area contributed by atoms with Gasteiger partial charge in [0.2, 0.25) is 0 Å². The molecule has 3 fully saturated rings. The topological polar surface area (TPSA) is 38.3 Å². The Morgan fingerprint density at radius 3 is 2.38 bits per heavy atom. The molecule has 3 aliphatic rings. The van der Waals surface area contributed by atoms with E-state index in [1.807, 2.05) is 24.3 Å². The molecule has 5 heteroatoms. The average molecular weight is 460 g/mol. The van der Waals surface area contributed by atoms with Gasteiger partial charge < -0.3 is 9.22 Å². The molecule has 4 nitrogen and oxygen atoms in total. The molecule has 1 atom stereocenters. The van der Waals surface area contributed by atoms with E-state index in [-0.39, 0.29) is 18.0 Å². The first-order chi connectivity index (χ1) is 16.6. The Balaban J connectivity index is 1.21. The molecule has 6 rings (SSSR count). The molecular formula is C29H32FN2O2+. The van der Waals surface area contributed by atoms with E-state index in [1.165, 1.54) is 30.8 Å². The highest BCUT2D eigenvalue weighted by atomic mass is 19.1. The van der Waals surface area contributed by atoms with Crippen molar-refractivity contribution in [1.82, 2.24) is 0 Å². The minimum absolute atomic E-state index is 0.0393. The minimum atomic E-state index is -0.383. The van der Waals surface area contributed by atoms with E-state index in [2.05, 4.69) is 35.6 Å². The van der Waals surface area contributed by atoms with Crippen molar-refractivity contribution in [2.45, 2.75) is 31.8 Å². The number of carbonyl (C=O) groups is 1. The van der Waals surface area contributed by atoms with Crippen molar-refractivity contribution < 1.29 is 18.4 Å². The SMILES string of the molecule is O=C(Nc1ccccc1Cc1ccc(F)cc1)OC1C[N+]2(CCc3ccccc3)CCC1CC2. The van der Waals surface area contributed by atoms with Gasteiger partial charge in [0.15, 0.2) is 6.10 Å². The summed E-state index contributed by atoms with van der Waals surface area (Å²) in [5.41, 5.74) is 4.08. The van der Waals surface area contributed by atoms with E-state index < -0.39 is 0 Å². The van der Waals surface area contributed by atoms with Crippen LogP contribution < -0.4 is 5.32 Å². The molecule has 3 aromatic carbocycles. The fourth-order valence-electron chi connectivity index (χ4n) is 5.58. The molecule has 34 heavy (non-hydrogen) atoms. The van der Waals surface area contributed by atoms with Gasteiger partial charge in [-0.2, -0.15) is 0 Å². The van der Waals surface area contributed by atoms with Gasteiger partial charge in [0.25, 0.3) is 0 Å². The van der Waals surface area contributed by atoms with Crippen LogP contribution in [0.1, 0.15) is 29.5 Å². The third-order valence-corrected chi connectivity index (χ3v) is 7.58. The zero-order chi connectivity index (χ0) is 23.4. The van der Waals surface area contributed by atoms with Crippen LogP contribution in [-0.4, -0.2) is 42.9 Å². The number of hydrogen-bond acceptors (Lipinski definition) is 2. The second-order valence-corrected chi connectivity index (χ2v) is 9.80. The van der Waals surface area contributed by atoms with Gasteiger partial charge in [0.05, 0.1) is 19.6 Å². The van der Waals surface area contributed by atoms with E-state index in [9.17, 15) is 9.18 Å². The maximum absolute atomic E-state index is 13.3. The number of rotatable bonds is 7. The number of halogens is 1. The van der Waals surface area contributed by atoms with Crippen LogP contribution in [0.15, 0.2) is 78.9 Å². The van der Waals surface area contributed by atoms with Crippen molar-refractivity contribution in [2.75, 3.05) is 31.5 Å². The second-order valence-electron chi connectivity index (χ2n) is 9.80. The molecular weight excluding hydrogens is 427 g/mol. The molecule has 3 heterocycles. The Labute approximate surface area is 201 Å². The third-order valence-electron chi connectivity index (χ3n) is 7.58. The van der Waals surface area contributed by atoms with Gasteiger partial charge >= 0.3 is 6.09 Å². The number of piperidine rings is 3. The fourth-order valence-corrected chi connectivity index (χ4v) is 5.58. The van der Waals surface area contributed by atoms with E-state index in [1.54, 1.807) is 12.1 Å². The highest BCUT2D eigenvalue weighted by molar-refractivity contribution is 5.85. The van der Waals surface area contributed by atoms with Crippen LogP contribution in [0.3, 0.4) is 0 Å². The largest absolute Gasteiger partial charge is 0.440 e. The van der Waals surface area contributed by atoms with Crippen LogP contribution in [-0.2, 0) is 17.6 Å². The molecule has 3 saturated heterocycles. The van der Waals surface area contributed by atoms with E-state index >= 15 is 0 Å². The highest BCUT2D eigenvalue weighted by Crippen LogP contribution is 2.36. The summed E-state index contributed by atoms with van der Waals surface area (Å²) in [6.45, 7) is 4.36. The number of quaternary nitrogens is 1. The maximum atomic E-state index is 13.3. The van der Waals surface area contributed by atoms with Gasteiger partial charge in [-0.1, -0.05) is 60.7 Å². The number of benzene rings is 3. The Kier molecular flexibility index (Phi) is 6.63. The lowest BCUT2D eigenvalue weighted by molar-refractivity contribution is -0.945. The second kappa shape index (κ2) is 9.98. The molecule has 2 bridgehead atoms. The van der Waals surface area contributed by atoms with Crippen LogP contribution in [0.5, 0.6) is 0 Å². The molecule has 1 N–H and O–H groups in total. The van der Waals surface area contributed by atoms with Gasteiger partial charge in [-0.3, -0.25) is 5.32 Å². The number of ether oxygens (including phenoxy) is 1. The van der Waals surface area contributed by atoms with E-state index in [0.29, 0.717) is 12.3 Å². The number of hydrogen-bond donors (Lipinski definition) is 1. The molecule has 0 spiro atoms. The standard InChI is InChI=1S/C29H31FN2O2/c30-26-12-10-23(11-13-26)20-25-8-4-5-9-27(25)31-29(33)34-28-21-32(18-15-24(28)16-19-32)17-14-22-6-2-1-3-7-22/h1-13,24,28H,14-21H2/p+1. The van der Waals surface area contributed by atoms with Crippen LogP contribution in [0.25, 0.3) is 0 Å². The quantitative estimate of drug-likeness (QED) is 0.453. The van der Waals surface area contributed by atoms with Crippen molar-refractivity contribution in [3.8, 4) is 0 Å².